The summed E-state index contributed by atoms with van der Waals surface area (Å²) >= 11 is 8.09. The molecule has 2 unspecified atom stereocenters. The van der Waals surface area contributed by atoms with Crippen molar-refractivity contribution in [2.45, 2.75) is 16.3 Å². The molecule has 1 aliphatic heterocycles. The predicted molar refractivity (Wildman–Crippen MR) is 113 cm³/mol. The van der Waals surface area contributed by atoms with Crippen molar-refractivity contribution in [2.24, 2.45) is 0 Å². The highest BCUT2D eigenvalue weighted by atomic mass is 79.9. The van der Waals surface area contributed by atoms with Crippen LogP contribution >= 0.6 is 61.7 Å². The molecule has 0 aromatic heterocycles. The number of halogens is 1. The average Bonchev–Trinajstić information content (AvgIpc) is 2.52. The largest absolute Gasteiger partial charge is 0.295 e. The number of aryl methyl sites for hydroxylation is 1. The Morgan fingerprint density at radius 3 is 2.30 bits per heavy atom. The van der Waals surface area contributed by atoms with Gasteiger partial charge in [-0.3, -0.25) is 9.59 Å². The molecule has 0 saturated heterocycles. The molecule has 7 heteroatoms. The maximum absolute atomic E-state index is 13.4. The van der Waals surface area contributed by atoms with Crippen molar-refractivity contribution >= 4 is 77.5 Å². The van der Waals surface area contributed by atoms with E-state index in [4.69, 9.17) is 0 Å². The van der Waals surface area contributed by atoms with Crippen LogP contribution in [0.5, 0.6) is 0 Å². The van der Waals surface area contributed by atoms with Gasteiger partial charge in [-0.15, -0.1) is 45.8 Å². The zero-order chi connectivity index (χ0) is 17.4. The highest BCUT2D eigenvalue weighted by Gasteiger charge is 2.51. The number of carbonyl (C=O) groups is 2. The van der Waals surface area contributed by atoms with Crippen molar-refractivity contribution < 1.29 is 9.59 Å². The van der Waals surface area contributed by atoms with E-state index in [0.717, 1.165) is 19.8 Å². The summed E-state index contributed by atoms with van der Waals surface area (Å²) in [5.74, 6) is -0.681. The van der Waals surface area contributed by atoms with Gasteiger partial charge in [-0.2, -0.15) is 0 Å². The molecule has 0 saturated carbocycles. The van der Waals surface area contributed by atoms with Gasteiger partial charge in [0.05, 0.1) is 4.20 Å². The second-order valence-electron chi connectivity index (χ2n) is 5.13. The van der Waals surface area contributed by atoms with Gasteiger partial charge in [-0.05, 0) is 55.2 Å². The first-order valence-electron chi connectivity index (χ1n) is 6.85. The Bertz CT molecular complexity index is 695. The Hall–Kier alpha value is 0.310. The third-order valence-corrected chi connectivity index (χ3v) is 13.0. The third kappa shape index (κ3) is 3.24. The van der Waals surface area contributed by atoms with Crippen LogP contribution < -0.4 is 0 Å². The predicted octanol–water partition coefficient (Wildman–Crippen LogP) is 4.76. The molecule has 1 aliphatic rings. The average molecular weight is 451 g/mol. The molecule has 1 aromatic rings. The Morgan fingerprint density at radius 2 is 1.78 bits per heavy atom. The topological polar surface area (TPSA) is 34.1 Å². The molecule has 2 atom stereocenters. The SMILES string of the molecule is CSC1=S(C)C(SC)(SC)C(=O)C(c2cc(Br)ccc2C)C1=O. The van der Waals surface area contributed by atoms with Crippen LogP contribution in [0.25, 0.3) is 0 Å². The fraction of sp³-hybridized carbons (Fsp3) is 0.438. The standard InChI is InChI=1S/C16H19BrO2S4/c1-9-6-7-10(17)8-11(9)12-13(18)15(20-2)23(5)16(21-3,22-4)14(12)19/h6-8,12H,1-5H3. The van der Waals surface area contributed by atoms with Crippen molar-refractivity contribution in [3.63, 3.8) is 0 Å². The number of thioether (sulfide) groups is 3. The van der Waals surface area contributed by atoms with Crippen molar-refractivity contribution in [2.75, 3.05) is 25.0 Å². The quantitative estimate of drug-likeness (QED) is 0.376. The number of rotatable bonds is 3. The zero-order valence-electron chi connectivity index (χ0n) is 13.6. The van der Waals surface area contributed by atoms with E-state index in [0.29, 0.717) is 0 Å². The van der Waals surface area contributed by atoms with E-state index in [-0.39, 0.29) is 11.6 Å². The van der Waals surface area contributed by atoms with Crippen LogP contribution in [0.4, 0.5) is 0 Å². The van der Waals surface area contributed by atoms with Crippen molar-refractivity contribution in [1.29, 1.82) is 0 Å². The number of ketones is 2. The zero-order valence-corrected chi connectivity index (χ0v) is 18.5. The van der Waals surface area contributed by atoms with Gasteiger partial charge in [0.1, 0.15) is 5.92 Å². The lowest BCUT2D eigenvalue weighted by Crippen LogP contribution is -2.44. The van der Waals surface area contributed by atoms with E-state index in [1.54, 1.807) is 23.5 Å². The van der Waals surface area contributed by atoms with Crippen LogP contribution in [0.3, 0.4) is 0 Å². The summed E-state index contributed by atoms with van der Waals surface area (Å²) in [4.78, 5) is 26.4. The minimum Gasteiger partial charge on any atom is -0.295 e. The lowest BCUT2D eigenvalue weighted by atomic mass is 9.88. The summed E-state index contributed by atoms with van der Waals surface area (Å²) in [5, 5.41) is 0. The van der Waals surface area contributed by atoms with Crippen molar-refractivity contribution in [3.05, 3.63) is 33.8 Å². The molecule has 0 radical (unpaired) electrons. The first kappa shape index (κ1) is 19.6. The van der Waals surface area contributed by atoms with Gasteiger partial charge in [0.15, 0.2) is 15.0 Å². The first-order chi connectivity index (χ1) is 10.8. The van der Waals surface area contributed by atoms with Gasteiger partial charge < -0.3 is 0 Å². The summed E-state index contributed by atoms with van der Waals surface area (Å²) in [6.07, 6.45) is 7.90. The van der Waals surface area contributed by atoms with E-state index in [1.165, 1.54) is 11.8 Å². The first-order valence-corrected chi connectivity index (χ1v) is 13.0. The highest BCUT2D eigenvalue weighted by Crippen LogP contribution is 2.55. The number of Topliss-reactive ketones (excluding diaryl/α,β-unsaturated/α-hetero) is 2. The Kier molecular flexibility index (Phi) is 6.56. The third-order valence-electron chi connectivity index (χ3n) is 3.98. The highest BCUT2D eigenvalue weighted by molar-refractivity contribution is 9.10. The number of hydrogen-bond acceptors (Lipinski definition) is 5. The minimum absolute atomic E-state index is 0.0201. The molecule has 2 nitrogen and oxygen atoms in total. The van der Waals surface area contributed by atoms with E-state index in [2.05, 4.69) is 15.9 Å². The van der Waals surface area contributed by atoms with Gasteiger partial charge in [0.25, 0.3) is 0 Å². The molecule has 0 amide bonds. The number of hydrogen-bond donors (Lipinski definition) is 0. The molecule has 0 bridgehead atoms. The molecule has 1 heterocycles. The number of benzene rings is 1. The van der Waals surface area contributed by atoms with Crippen LogP contribution in [0.1, 0.15) is 17.0 Å². The van der Waals surface area contributed by atoms with Crippen LogP contribution in [0.2, 0.25) is 0 Å². The summed E-state index contributed by atoms with van der Waals surface area (Å²) < 4.78 is 1.15. The van der Waals surface area contributed by atoms with Gasteiger partial charge in [-0.25, -0.2) is 0 Å². The molecule has 1 aromatic carbocycles. The fourth-order valence-corrected chi connectivity index (χ4v) is 10.1. The summed E-state index contributed by atoms with van der Waals surface area (Å²) in [7, 11) is -0.396. The van der Waals surface area contributed by atoms with Gasteiger partial charge in [-0.1, -0.05) is 22.0 Å². The number of carbonyl (C=O) groups excluding carboxylic acids is 2. The molecule has 126 valence electrons. The summed E-state index contributed by atoms with van der Waals surface area (Å²) in [5.41, 5.74) is 1.81. The second-order valence-corrected chi connectivity index (χ2v) is 12.0. The van der Waals surface area contributed by atoms with Crippen LogP contribution in [-0.2, 0) is 9.59 Å². The molecule has 0 spiro atoms. The maximum Gasteiger partial charge on any atom is 0.189 e. The van der Waals surface area contributed by atoms with E-state index < -0.39 is 19.8 Å². The molecule has 0 aliphatic carbocycles. The van der Waals surface area contributed by atoms with E-state index in [1.807, 2.05) is 50.1 Å². The molecule has 0 fully saturated rings. The van der Waals surface area contributed by atoms with Gasteiger partial charge in [0, 0.05) is 4.47 Å². The van der Waals surface area contributed by atoms with Gasteiger partial charge in [0.2, 0.25) is 0 Å². The smallest absolute Gasteiger partial charge is 0.189 e. The summed E-state index contributed by atoms with van der Waals surface area (Å²) in [6.45, 7) is 1.96. The maximum atomic E-state index is 13.4. The van der Waals surface area contributed by atoms with E-state index >= 15 is 0 Å². The molecular formula is C16H19BrO2S4. The van der Waals surface area contributed by atoms with E-state index in [9.17, 15) is 9.59 Å². The Labute approximate surface area is 161 Å². The molecule has 23 heavy (non-hydrogen) atoms. The lowest BCUT2D eigenvalue weighted by molar-refractivity contribution is -0.125. The molecule has 2 rings (SSSR count). The van der Waals surface area contributed by atoms with Crippen LogP contribution in [-0.4, -0.2) is 44.2 Å². The van der Waals surface area contributed by atoms with Crippen LogP contribution in [0, 0.1) is 6.92 Å². The second kappa shape index (κ2) is 7.68. The fourth-order valence-electron chi connectivity index (χ4n) is 2.80. The van der Waals surface area contributed by atoms with Crippen LogP contribution in [0.15, 0.2) is 22.7 Å². The Morgan fingerprint density at radius 1 is 1.17 bits per heavy atom. The summed E-state index contributed by atoms with van der Waals surface area (Å²) in [6, 6.07) is 5.81. The normalized spacial score (nSPS) is 24.2. The van der Waals surface area contributed by atoms with Crippen molar-refractivity contribution in [3.8, 4) is 0 Å². The van der Waals surface area contributed by atoms with Gasteiger partial charge >= 0.3 is 0 Å². The minimum atomic E-state index is -0.696. The van der Waals surface area contributed by atoms with Crippen molar-refractivity contribution in [1.82, 2.24) is 0 Å². The Balaban J connectivity index is 2.73. The molecule has 0 N–H and O–H groups in total. The molecular weight excluding hydrogens is 432 g/mol. The lowest BCUT2D eigenvalue weighted by Gasteiger charge is -2.39. The monoisotopic (exact) mass is 450 g/mol.